The summed E-state index contributed by atoms with van der Waals surface area (Å²) in [7, 11) is 0. The maximum atomic E-state index is 6.04. The van der Waals surface area contributed by atoms with Gasteiger partial charge in [0.2, 0.25) is 0 Å². The second-order valence-corrected chi connectivity index (χ2v) is 5.26. The number of hydrogen-bond donors (Lipinski definition) is 1. The maximum absolute atomic E-state index is 6.04. The van der Waals surface area contributed by atoms with Crippen molar-refractivity contribution in [3.8, 4) is 11.3 Å². The molecule has 1 aromatic heterocycles. The minimum atomic E-state index is 0.652. The van der Waals surface area contributed by atoms with Crippen LogP contribution in [0.2, 0.25) is 0 Å². The van der Waals surface area contributed by atoms with Crippen LogP contribution in [0.5, 0.6) is 0 Å². The summed E-state index contributed by atoms with van der Waals surface area (Å²) in [5.41, 5.74) is 7.81. The monoisotopic (exact) mass is 355 g/mol. The van der Waals surface area contributed by atoms with Crippen molar-refractivity contribution in [2.75, 3.05) is 5.73 Å². The van der Waals surface area contributed by atoms with Crippen molar-refractivity contribution in [1.29, 1.82) is 0 Å². The number of nitrogen functional groups attached to an aromatic ring is 1. The van der Waals surface area contributed by atoms with Crippen LogP contribution in [0.4, 0.5) is 5.82 Å². The molecule has 0 amide bonds. The number of allylic oxidation sites excluding steroid dienone is 1. The lowest BCUT2D eigenvalue weighted by molar-refractivity contribution is 0.833. The van der Waals surface area contributed by atoms with Gasteiger partial charge < -0.3 is 10.3 Å². The van der Waals surface area contributed by atoms with Crippen LogP contribution in [0, 0.1) is 0 Å². The van der Waals surface area contributed by atoms with Gasteiger partial charge in [0, 0.05) is 21.1 Å². The summed E-state index contributed by atoms with van der Waals surface area (Å²) in [4.78, 5) is 4.33. The Morgan fingerprint density at radius 3 is 2.76 bits per heavy atom. The molecule has 0 fully saturated rings. The minimum absolute atomic E-state index is 0.652. The van der Waals surface area contributed by atoms with E-state index in [2.05, 4.69) is 43.4 Å². The highest BCUT2D eigenvalue weighted by Gasteiger charge is 2.10. The standard InChI is InChI=1S/C12H11Br2N3/c1-2-5-17-7-16-11(12(17)15)8-3-4-9(13)10(14)6-8/h2-4,6-7H,1,5,15H2. The molecule has 17 heavy (non-hydrogen) atoms. The fourth-order valence-corrected chi connectivity index (χ4v) is 2.17. The Balaban J connectivity index is 2.46. The number of anilines is 1. The molecule has 0 aliphatic carbocycles. The quantitative estimate of drug-likeness (QED) is 0.849. The molecule has 88 valence electrons. The highest BCUT2D eigenvalue weighted by molar-refractivity contribution is 9.13. The number of aromatic nitrogens is 2. The van der Waals surface area contributed by atoms with Crippen LogP contribution in [0.15, 0.2) is 46.1 Å². The van der Waals surface area contributed by atoms with Crippen molar-refractivity contribution in [2.24, 2.45) is 0 Å². The molecule has 0 saturated carbocycles. The molecule has 2 N–H and O–H groups in total. The second-order valence-electron chi connectivity index (χ2n) is 3.55. The van der Waals surface area contributed by atoms with Gasteiger partial charge in [0.1, 0.15) is 11.5 Å². The molecule has 0 aliphatic rings. The van der Waals surface area contributed by atoms with Crippen LogP contribution in [0.3, 0.4) is 0 Å². The molecular formula is C12H11Br2N3. The van der Waals surface area contributed by atoms with Crippen molar-refractivity contribution in [3.05, 3.63) is 46.1 Å². The number of rotatable bonds is 3. The predicted octanol–water partition coefficient (Wildman–Crippen LogP) is 3.84. The van der Waals surface area contributed by atoms with Gasteiger partial charge in [-0.1, -0.05) is 12.1 Å². The van der Waals surface area contributed by atoms with Gasteiger partial charge in [-0.3, -0.25) is 0 Å². The summed E-state index contributed by atoms with van der Waals surface area (Å²) >= 11 is 6.90. The first kappa shape index (κ1) is 12.4. The number of halogens is 2. The molecule has 1 aromatic carbocycles. The lowest BCUT2D eigenvalue weighted by Crippen LogP contribution is -2.00. The van der Waals surface area contributed by atoms with Crippen molar-refractivity contribution < 1.29 is 0 Å². The van der Waals surface area contributed by atoms with Gasteiger partial charge in [0.25, 0.3) is 0 Å². The van der Waals surface area contributed by atoms with Gasteiger partial charge >= 0.3 is 0 Å². The average Bonchev–Trinajstić information content (AvgIpc) is 2.66. The largest absolute Gasteiger partial charge is 0.383 e. The zero-order valence-electron chi connectivity index (χ0n) is 9.03. The van der Waals surface area contributed by atoms with Gasteiger partial charge in [0.15, 0.2) is 0 Å². The normalized spacial score (nSPS) is 10.5. The molecule has 0 aliphatic heterocycles. The average molecular weight is 357 g/mol. The summed E-state index contributed by atoms with van der Waals surface area (Å²) in [5, 5.41) is 0. The fourth-order valence-electron chi connectivity index (χ4n) is 1.54. The number of nitrogens with zero attached hydrogens (tertiary/aromatic N) is 2. The topological polar surface area (TPSA) is 43.8 Å². The van der Waals surface area contributed by atoms with Gasteiger partial charge in [-0.05, 0) is 44.0 Å². The van der Waals surface area contributed by atoms with E-state index in [4.69, 9.17) is 5.73 Å². The molecule has 0 atom stereocenters. The summed E-state index contributed by atoms with van der Waals surface area (Å²) in [5.74, 6) is 0.652. The van der Waals surface area contributed by atoms with Crippen molar-refractivity contribution in [3.63, 3.8) is 0 Å². The molecule has 3 nitrogen and oxygen atoms in total. The highest BCUT2D eigenvalue weighted by Crippen LogP contribution is 2.30. The molecule has 2 rings (SSSR count). The summed E-state index contributed by atoms with van der Waals surface area (Å²) in [6.45, 7) is 4.35. The van der Waals surface area contributed by atoms with E-state index in [9.17, 15) is 0 Å². The van der Waals surface area contributed by atoms with Gasteiger partial charge in [-0.15, -0.1) is 6.58 Å². The molecule has 0 bridgehead atoms. The molecule has 2 aromatic rings. The third kappa shape index (κ3) is 2.45. The van der Waals surface area contributed by atoms with Crippen LogP contribution in [-0.4, -0.2) is 9.55 Å². The van der Waals surface area contributed by atoms with Crippen molar-refractivity contribution in [1.82, 2.24) is 9.55 Å². The lowest BCUT2D eigenvalue weighted by atomic mass is 10.1. The van der Waals surface area contributed by atoms with Crippen LogP contribution in [0.25, 0.3) is 11.3 Å². The molecule has 0 spiro atoms. The van der Waals surface area contributed by atoms with Crippen molar-refractivity contribution in [2.45, 2.75) is 6.54 Å². The Morgan fingerprint density at radius 2 is 2.12 bits per heavy atom. The first-order chi connectivity index (χ1) is 8.13. The zero-order valence-corrected chi connectivity index (χ0v) is 12.2. The summed E-state index contributed by atoms with van der Waals surface area (Å²) in [6.07, 6.45) is 3.52. The SMILES string of the molecule is C=CCn1cnc(-c2ccc(Br)c(Br)c2)c1N. The fraction of sp³-hybridized carbons (Fsp3) is 0.0833. The smallest absolute Gasteiger partial charge is 0.131 e. The van der Waals surface area contributed by atoms with Gasteiger partial charge in [-0.2, -0.15) is 0 Å². The number of benzene rings is 1. The van der Waals surface area contributed by atoms with Gasteiger partial charge in [-0.25, -0.2) is 4.98 Å². The molecule has 0 saturated heterocycles. The first-order valence-corrected chi connectivity index (χ1v) is 6.59. The van der Waals surface area contributed by atoms with E-state index in [-0.39, 0.29) is 0 Å². The second kappa shape index (κ2) is 5.06. The van der Waals surface area contributed by atoms with Crippen molar-refractivity contribution >= 4 is 37.7 Å². The number of imidazole rings is 1. The van der Waals surface area contributed by atoms with Crippen LogP contribution in [-0.2, 0) is 6.54 Å². The number of hydrogen-bond acceptors (Lipinski definition) is 2. The van der Waals surface area contributed by atoms with E-state index in [1.54, 1.807) is 12.4 Å². The van der Waals surface area contributed by atoms with Crippen LogP contribution in [0.1, 0.15) is 0 Å². The third-order valence-corrected chi connectivity index (χ3v) is 4.28. The van der Waals surface area contributed by atoms with Gasteiger partial charge in [0.05, 0.1) is 6.33 Å². The molecule has 1 heterocycles. The van der Waals surface area contributed by atoms with Crippen LogP contribution >= 0.6 is 31.9 Å². The Hall–Kier alpha value is -1.07. The Bertz CT molecular complexity index is 561. The van der Waals surface area contributed by atoms with E-state index < -0.39 is 0 Å². The van der Waals surface area contributed by atoms with Crippen LogP contribution < -0.4 is 5.73 Å². The Labute approximate surface area is 117 Å². The highest BCUT2D eigenvalue weighted by atomic mass is 79.9. The van der Waals surface area contributed by atoms with E-state index in [0.29, 0.717) is 12.4 Å². The van der Waals surface area contributed by atoms with E-state index in [1.165, 1.54) is 0 Å². The predicted molar refractivity (Wildman–Crippen MR) is 77.7 cm³/mol. The van der Waals surface area contributed by atoms with E-state index in [0.717, 1.165) is 20.2 Å². The van der Waals surface area contributed by atoms with E-state index in [1.807, 2.05) is 22.8 Å². The molecule has 0 radical (unpaired) electrons. The minimum Gasteiger partial charge on any atom is -0.383 e. The zero-order chi connectivity index (χ0) is 12.4. The molecule has 0 unspecified atom stereocenters. The molecular weight excluding hydrogens is 346 g/mol. The lowest BCUT2D eigenvalue weighted by Gasteiger charge is -2.04. The first-order valence-electron chi connectivity index (χ1n) is 5.00. The summed E-state index contributed by atoms with van der Waals surface area (Å²) in [6, 6.07) is 5.93. The number of nitrogens with two attached hydrogens (primary N) is 1. The summed E-state index contributed by atoms with van der Waals surface area (Å²) < 4.78 is 3.84. The third-order valence-electron chi connectivity index (χ3n) is 2.40. The van der Waals surface area contributed by atoms with E-state index >= 15 is 0 Å². The maximum Gasteiger partial charge on any atom is 0.131 e. The molecule has 5 heteroatoms. The Morgan fingerprint density at radius 1 is 1.35 bits per heavy atom. The Kier molecular flexibility index (Phi) is 3.69.